The molecule has 2 aromatic heterocycles. The molecule has 0 saturated carbocycles. The SMILES string of the molecule is C[C@H](CCC(N)=O)NC(=O)c1ccc(N(Cc2cnc3nc(N)[nH]c(=O)c3n2)C(=O)C(F)(F)F)cc1. The Bertz CT molecular complexity index is 1360. The van der Waals surface area contributed by atoms with Crippen LogP contribution in [0.3, 0.4) is 0 Å². The van der Waals surface area contributed by atoms with Gasteiger partial charge in [-0.25, -0.2) is 9.97 Å². The van der Waals surface area contributed by atoms with Crippen molar-refractivity contribution in [3.05, 3.63) is 52.1 Å². The predicted octanol–water partition coefficient (Wildman–Crippen LogP) is 0.775. The average Bonchev–Trinajstić information content (AvgIpc) is 2.80. The molecule has 0 saturated heterocycles. The number of nitrogens with zero attached hydrogens (tertiary/aromatic N) is 4. The number of rotatable bonds is 8. The zero-order chi connectivity index (χ0) is 26.6. The number of nitrogens with one attached hydrogen (secondary N) is 2. The van der Waals surface area contributed by atoms with E-state index in [0.717, 1.165) is 18.3 Å². The molecule has 0 radical (unpaired) electrons. The van der Waals surface area contributed by atoms with E-state index in [4.69, 9.17) is 11.5 Å². The molecule has 3 amide bonds. The van der Waals surface area contributed by atoms with Gasteiger partial charge in [0.25, 0.3) is 11.5 Å². The molecule has 12 nitrogen and oxygen atoms in total. The normalized spacial score (nSPS) is 12.2. The Balaban J connectivity index is 1.86. The summed E-state index contributed by atoms with van der Waals surface area (Å²) < 4.78 is 40.0. The van der Waals surface area contributed by atoms with E-state index in [-0.39, 0.29) is 46.5 Å². The topological polar surface area (TPSA) is 190 Å². The van der Waals surface area contributed by atoms with Crippen LogP contribution in [-0.4, -0.2) is 49.9 Å². The number of aromatic amines is 1. The second-order valence-electron chi connectivity index (χ2n) is 7.80. The highest BCUT2D eigenvalue weighted by Crippen LogP contribution is 2.26. The molecule has 3 aromatic rings. The van der Waals surface area contributed by atoms with Crippen LogP contribution in [0.25, 0.3) is 11.2 Å². The van der Waals surface area contributed by atoms with Gasteiger partial charge in [-0.3, -0.25) is 29.1 Å². The molecule has 0 unspecified atom stereocenters. The number of hydrogen-bond acceptors (Lipinski definition) is 8. The molecule has 1 aromatic carbocycles. The number of alkyl halides is 3. The molecule has 1 atom stereocenters. The number of H-pyrrole nitrogens is 1. The summed E-state index contributed by atoms with van der Waals surface area (Å²) in [5.74, 6) is -3.45. The molecule has 0 aliphatic rings. The van der Waals surface area contributed by atoms with Crippen molar-refractivity contribution >= 4 is 40.5 Å². The molecule has 36 heavy (non-hydrogen) atoms. The zero-order valence-electron chi connectivity index (χ0n) is 18.8. The highest BCUT2D eigenvalue weighted by molar-refractivity contribution is 5.98. The number of nitrogens with two attached hydrogens (primary N) is 2. The van der Waals surface area contributed by atoms with Gasteiger partial charge < -0.3 is 16.8 Å². The lowest BCUT2D eigenvalue weighted by atomic mass is 10.1. The van der Waals surface area contributed by atoms with Gasteiger partial charge in [-0.2, -0.15) is 18.2 Å². The second-order valence-corrected chi connectivity index (χ2v) is 7.80. The van der Waals surface area contributed by atoms with Crippen molar-refractivity contribution in [1.29, 1.82) is 0 Å². The molecule has 0 aliphatic carbocycles. The summed E-state index contributed by atoms with van der Waals surface area (Å²) in [5, 5.41) is 2.64. The molecule has 3 rings (SSSR count). The van der Waals surface area contributed by atoms with E-state index < -0.39 is 36.0 Å². The van der Waals surface area contributed by atoms with Crippen molar-refractivity contribution in [3.8, 4) is 0 Å². The maximum Gasteiger partial charge on any atom is 0.471 e. The first-order valence-electron chi connectivity index (χ1n) is 10.4. The molecular weight excluding hydrogens is 485 g/mol. The van der Waals surface area contributed by atoms with E-state index in [0.29, 0.717) is 11.3 Å². The van der Waals surface area contributed by atoms with Crippen LogP contribution in [0.1, 0.15) is 35.8 Å². The van der Waals surface area contributed by atoms with Crippen LogP contribution in [0, 0.1) is 0 Å². The number of fused-ring (bicyclic) bond motifs is 1. The number of amides is 3. The van der Waals surface area contributed by atoms with E-state index in [2.05, 4.69) is 25.3 Å². The number of anilines is 2. The Hall–Kier alpha value is -4.56. The van der Waals surface area contributed by atoms with Crippen molar-refractivity contribution in [2.45, 2.75) is 38.5 Å². The Morgan fingerprint density at radius 1 is 1.17 bits per heavy atom. The molecule has 0 fully saturated rings. The molecule has 0 bridgehead atoms. The summed E-state index contributed by atoms with van der Waals surface area (Å²) in [4.78, 5) is 61.7. The maximum absolute atomic E-state index is 13.3. The highest BCUT2D eigenvalue weighted by Gasteiger charge is 2.43. The van der Waals surface area contributed by atoms with Crippen LogP contribution in [0.15, 0.2) is 35.3 Å². The first-order chi connectivity index (χ1) is 16.8. The zero-order valence-corrected chi connectivity index (χ0v) is 18.8. The van der Waals surface area contributed by atoms with Crippen molar-refractivity contribution in [2.75, 3.05) is 10.6 Å². The van der Waals surface area contributed by atoms with Crippen molar-refractivity contribution in [3.63, 3.8) is 0 Å². The summed E-state index contributed by atoms with van der Waals surface area (Å²) in [6.45, 7) is 0.985. The van der Waals surface area contributed by atoms with Gasteiger partial charge in [0.15, 0.2) is 11.2 Å². The number of nitrogen functional groups attached to an aromatic ring is 1. The van der Waals surface area contributed by atoms with Crippen LogP contribution >= 0.6 is 0 Å². The quantitative estimate of drug-likeness (QED) is 0.344. The first-order valence-corrected chi connectivity index (χ1v) is 10.4. The molecular formula is C21H21F3N8O4. The van der Waals surface area contributed by atoms with Crippen molar-refractivity contribution in [1.82, 2.24) is 25.3 Å². The molecule has 0 aliphatic heterocycles. The van der Waals surface area contributed by atoms with Gasteiger partial charge in [-0.1, -0.05) is 0 Å². The lowest BCUT2D eigenvalue weighted by Crippen LogP contribution is -2.41. The summed E-state index contributed by atoms with van der Waals surface area (Å²) in [6, 6.07) is 4.43. The summed E-state index contributed by atoms with van der Waals surface area (Å²) in [6.07, 6.45) is -3.77. The average molecular weight is 506 g/mol. The van der Waals surface area contributed by atoms with Gasteiger partial charge in [-0.05, 0) is 37.6 Å². The number of carbonyl (C=O) groups is 3. The van der Waals surface area contributed by atoms with Gasteiger partial charge >= 0.3 is 12.1 Å². The minimum Gasteiger partial charge on any atom is -0.370 e. The summed E-state index contributed by atoms with van der Waals surface area (Å²) in [5.41, 5.74) is 9.20. The number of hydrogen-bond donors (Lipinski definition) is 4. The fraction of sp³-hybridized carbons (Fsp3) is 0.286. The fourth-order valence-electron chi connectivity index (χ4n) is 3.17. The number of carbonyl (C=O) groups excluding carboxylic acids is 3. The van der Waals surface area contributed by atoms with Crippen molar-refractivity contribution < 1.29 is 27.6 Å². The molecule has 2 heterocycles. The third-order valence-electron chi connectivity index (χ3n) is 4.94. The van der Waals surface area contributed by atoms with Crippen LogP contribution in [0.5, 0.6) is 0 Å². The molecule has 6 N–H and O–H groups in total. The number of halogens is 3. The van der Waals surface area contributed by atoms with Crippen LogP contribution in [-0.2, 0) is 16.1 Å². The largest absolute Gasteiger partial charge is 0.471 e. The van der Waals surface area contributed by atoms with Crippen LogP contribution < -0.4 is 27.2 Å². The lowest BCUT2D eigenvalue weighted by Gasteiger charge is -2.24. The number of primary amides is 1. The standard InChI is InChI=1S/C21H21F3N8O4/c1-10(2-7-14(25)33)28-17(34)11-3-5-13(6-4-11)32(19(36)21(22,23)24)9-12-8-27-16-15(29-12)18(35)31-20(26)30-16/h3-6,8,10H,2,7,9H2,1H3,(H2,25,33)(H,28,34)(H3,26,27,30,31,35)/t10-/m1/s1. The van der Waals surface area contributed by atoms with Gasteiger partial charge in [0.05, 0.1) is 18.4 Å². The third-order valence-corrected chi connectivity index (χ3v) is 4.94. The van der Waals surface area contributed by atoms with Gasteiger partial charge in [-0.15, -0.1) is 0 Å². The van der Waals surface area contributed by atoms with E-state index in [9.17, 15) is 32.3 Å². The van der Waals surface area contributed by atoms with Crippen molar-refractivity contribution in [2.24, 2.45) is 5.73 Å². The highest BCUT2D eigenvalue weighted by atomic mass is 19.4. The minimum absolute atomic E-state index is 0.0713. The second kappa shape index (κ2) is 10.4. The smallest absolute Gasteiger partial charge is 0.370 e. The van der Waals surface area contributed by atoms with E-state index in [1.807, 2.05) is 0 Å². The predicted molar refractivity (Wildman–Crippen MR) is 121 cm³/mol. The van der Waals surface area contributed by atoms with Crippen LogP contribution in [0.4, 0.5) is 24.8 Å². The Labute approximate surface area is 200 Å². The monoisotopic (exact) mass is 506 g/mol. The Morgan fingerprint density at radius 3 is 2.44 bits per heavy atom. The van der Waals surface area contributed by atoms with E-state index in [1.54, 1.807) is 6.92 Å². The molecule has 15 heteroatoms. The number of benzene rings is 1. The van der Waals surface area contributed by atoms with E-state index >= 15 is 0 Å². The summed E-state index contributed by atoms with van der Waals surface area (Å²) >= 11 is 0. The minimum atomic E-state index is -5.22. The molecule has 190 valence electrons. The third kappa shape index (κ3) is 6.31. The molecule has 0 spiro atoms. The van der Waals surface area contributed by atoms with Gasteiger partial charge in [0, 0.05) is 23.7 Å². The van der Waals surface area contributed by atoms with Gasteiger partial charge in [0.1, 0.15) is 0 Å². The van der Waals surface area contributed by atoms with Crippen LogP contribution in [0.2, 0.25) is 0 Å². The maximum atomic E-state index is 13.3. The summed E-state index contributed by atoms with van der Waals surface area (Å²) in [7, 11) is 0. The van der Waals surface area contributed by atoms with E-state index in [1.165, 1.54) is 12.1 Å². The lowest BCUT2D eigenvalue weighted by molar-refractivity contribution is -0.170. The van der Waals surface area contributed by atoms with Gasteiger partial charge in [0.2, 0.25) is 11.9 Å². The first kappa shape index (κ1) is 26.1. The Morgan fingerprint density at radius 2 is 1.83 bits per heavy atom. The number of aromatic nitrogens is 4. The fourth-order valence-corrected chi connectivity index (χ4v) is 3.17. The Kier molecular flexibility index (Phi) is 7.50.